The van der Waals surface area contributed by atoms with Crippen LogP contribution in [0.25, 0.3) is 0 Å². The van der Waals surface area contributed by atoms with Crippen LogP contribution in [0.3, 0.4) is 0 Å². The highest BCUT2D eigenvalue weighted by atomic mass is 16.1. The normalized spacial score (nSPS) is 42.4. The van der Waals surface area contributed by atoms with Crippen LogP contribution in [0, 0.1) is 23.2 Å². The Morgan fingerprint density at radius 1 is 1.59 bits per heavy atom. The lowest BCUT2D eigenvalue weighted by atomic mass is 9.64. The quantitative estimate of drug-likeness (QED) is 0.797. The first kappa shape index (κ1) is 11.1. The van der Waals surface area contributed by atoms with Gasteiger partial charge >= 0.3 is 0 Å². The van der Waals surface area contributed by atoms with Crippen LogP contribution in [0.4, 0.5) is 0 Å². The van der Waals surface area contributed by atoms with Gasteiger partial charge in [0, 0.05) is 11.3 Å². The number of amides is 1. The maximum Gasteiger partial charge on any atom is 0.221 e. The van der Waals surface area contributed by atoms with Crippen molar-refractivity contribution in [1.82, 2.24) is 0 Å². The monoisotopic (exact) mass is 231 g/mol. The molecule has 2 nitrogen and oxygen atoms in total. The molecule has 0 aliphatic heterocycles. The van der Waals surface area contributed by atoms with Crippen LogP contribution < -0.4 is 5.73 Å². The molecular formula is C15H21NO. The summed E-state index contributed by atoms with van der Waals surface area (Å²) in [6, 6.07) is 0. The molecule has 0 aromatic heterocycles. The number of hydrogen-bond donors (Lipinski definition) is 1. The van der Waals surface area contributed by atoms with E-state index in [0.29, 0.717) is 11.8 Å². The number of nitrogens with two attached hydrogens (primary N) is 1. The van der Waals surface area contributed by atoms with Crippen LogP contribution in [-0.4, -0.2) is 5.91 Å². The molecule has 2 bridgehead atoms. The first-order valence-corrected chi connectivity index (χ1v) is 6.85. The molecule has 2 N–H and O–H groups in total. The van der Waals surface area contributed by atoms with Gasteiger partial charge in [-0.1, -0.05) is 37.1 Å². The summed E-state index contributed by atoms with van der Waals surface area (Å²) >= 11 is 0. The summed E-state index contributed by atoms with van der Waals surface area (Å²) in [6.07, 6.45) is 12.4. The van der Waals surface area contributed by atoms with Crippen molar-refractivity contribution in [3.05, 3.63) is 23.8 Å². The summed E-state index contributed by atoms with van der Waals surface area (Å²) in [6.45, 7) is 2.21. The summed E-state index contributed by atoms with van der Waals surface area (Å²) in [5.41, 5.74) is 7.31. The van der Waals surface area contributed by atoms with Crippen LogP contribution in [0.15, 0.2) is 23.8 Å². The molecular weight excluding hydrogens is 210 g/mol. The molecule has 0 saturated heterocycles. The van der Waals surface area contributed by atoms with Gasteiger partial charge in [0.2, 0.25) is 5.91 Å². The van der Waals surface area contributed by atoms with E-state index in [2.05, 4.69) is 25.2 Å². The summed E-state index contributed by atoms with van der Waals surface area (Å²) < 4.78 is 0. The standard InChI is InChI=1S/C15H21NO/c1-2-7-15-9-10(8-13(15)14(16)17)11-5-3-4-6-12(11)15/h3-4,6,10-11,13H,2,5,7-9H2,1H3,(H2,16,17). The fraction of sp³-hybridized carbons (Fsp3) is 0.667. The number of rotatable bonds is 3. The van der Waals surface area contributed by atoms with Crippen LogP contribution in [0.2, 0.25) is 0 Å². The molecule has 17 heavy (non-hydrogen) atoms. The molecule has 3 rings (SSSR count). The average molecular weight is 231 g/mol. The van der Waals surface area contributed by atoms with E-state index in [4.69, 9.17) is 5.73 Å². The molecule has 2 heteroatoms. The van der Waals surface area contributed by atoms with Crippen molar-refractivity contribution in [3.63, 3.8) is 0 Å². The third-order valence-electron chi connectivity index (χ3n) is 5.22. The predicted molar refractivity (Wildman–Crippen MR) is 68.1 cm³/mol. The van der Waals surface area contributed by atoms with Gasteiger partial charge in [0.05, 0.1) is 0 Å². The second-order valence-electron chi connectivity index (χ2n) is 5.95. The van der Waals surface area contributed by atoms with Gasteiger partial charge in [-0.15, -0.1) is 0 Å². The number of hydrogen-bond acceptors (Lipinski definition) is 1. The smallest absolute Gasteiger partial charge is 0.221 e. The molecule has 0 radical (unpaired) electrons. The van der Waals surface area contributed by atoms with E-state index in [9.17, 15) is 4.79 Å². The maximum atomic E-state index is 11.7. The van der Waals surface area contributed by atoms with Gasteiger partial charge in [-0.25, -0.2) is 0 Å². The van der Waals surface area contributed by atoms with Gasteiger partial charge < -0.3 is 5.73 Å². The number of carbonyl (C=O) groups excluding carboxylic acids is 1. The molecule has 0 spiro atoms. The number of primary amides is 1. The van der Waals surface area contributed by atoms with E-state index in [1.165, 1.54) is 12.8 Å². The van der Waals surface area contributed by atoms with Gasteiger partial charge in [0.1, 0.15) is 0 Å². The predicted octanol–water partition coefficient (Wildman–Crippen LogP) is 2.80. The number of fused-ring (bicyclic) bond motifs is 5. The van der Waals surface area contributed by atoms with E-state index < -0.39 is 0 Å². The van der Waals surface area contributed by atoms with Gasteiger partial charge in [-0.2, -0.15) is 0 Å². The Morgan fingerprint density at radius 3 is 3.12 bits per heavy atom. The van der Waals surface area contributed by atoms with Crippen molar-refractivity contribution < 1.29 is 4.79 Å². The van der Waals surface area contributed by atoms with E-state index in [1.54, 1.807) is 5.57 Å². The van der Waals surface area contributed by atoms with Crippen molar-refractivity contribution in [2.24, 2.45) is 28.9 Å². The highest BCUT2D eigenvalue weighted by molar-refractivity contribution is 5.79. The number of allylic oxidation sites excluding steroid dienone is 4. The minimum absolute atomic E-state index is 0.0742. The van der Waals surface area contributed by atoms with Crippen LogP contribution in [-0.2, 0) is 4.79 Å². The molecule has 4 atom stereocenters. The summed E-state index contributed by atoms with van der Waals surface area (Å²) in [7, 11) is 0. The van der Waals surface area contributed by atoms with Crippen molar-refractivity contribution in [2.45, 2.75) is 39.0 Å². The summed E-state index contributed by atoms with van der Waals surface area (Å²) in [4.78, 5) is 11.7. The Kier molecular flexibility index (Phi) is 2.42. The van der Waals surface area contributed by atoms with Crippen molar-refractivity contribution in [3.8, 4) is 0 Å². The highest BCUT2D eigenvalue weighted by Crippen LogP contribution is 2.66. The fourth-order valence-electron chi connectivity index (χ4n) is 4.73. The van der Waals surface area contributed by atoms with Crippen LogP contribution in [0.5, 0.6) is 0 Å². The Labute approximate surface area is 103 Å². The first-order valence-electron chi connectivity index (χ1n) is 6.85. The van der Waals surface area contributed by atoms with E-state index >= 15 is 0 Å². The van der Waals surface area contributed by atoms with Gasteiger partial charge in [0.15, 0.2) is 0 Å². The third-order valence-corrected chi connectivity index (χ3v) is 5.22. The summed E-state index contributed by atoms with van der Waals surface area (Å²) in [5.74, 6) is 1.44. The average Bonchev–Trinajstić information content (AvgIpc) is 2.83. The van der Waals surface area contributed by atoms with E-state index in [0.717, 1.165) is 19.3 Å². The topological polar surface area (TPSA) is 43.1 Å². The molecule has 2 fully saturated rings. The molecule has 4 unspecified atom stereocenters. The van der Waals surface area contributed by atoms with Crippen molar-refractivity contribution in [1.29, 1.82) is 0 Å². The lowest BCUT2D eigenvalue weighted by molar-refractivity contribution is -0.124. The first-order chi connectivity index (χ1) is 8.19. The zero-order valence-electron chi connectivity index (χ0n) is 10.5. The van der Waals surface area contributed by atoms with E-state index in [1.807, 2.05) is 0 Å². The van der Waals surface area contributed by atoms with Crippen molar-refractivity contribution in [2.75, 3.05) is 0 Å². The Balaban J connectivity index is 2.03. The lowest BCUT2D eigenvalue weighted by Crippen LogP contribution is -2.39. The highest BCUT2D eigenvalue weighted by Gasteiger charge is 2.60. The van der Waals surface area contributed by atoms with Gasteiger partial charge in [0.25, 0.3) is 0 Å². The number of carbonyl (C=O) groups is 1. The van der Waals surface area contributed by atoms with Crippen molar-refractivity contribution >= 4 is 5.91 Å². The van der Waals surface area contributed by atoms with Gasteiger partial charge in [-0.3, -0.25) is 4.79 Å². The second kappa shape index (κ2) is 3.72. The summed E-state index contributed by atoms with van der Waals surface area (Å²) in [5, 5.41) is 0. The lowest BCUT2D eigenvalue weighted by Gasteiger charge is -2.39. The molecule has 92 valence electrons. The largest absolute Gasteiger partial charge is 0.369 e. The van der Waals surface area contributed by atoms with Gasteiger partial charge in [-0.05, 0) is 37.5 Å². The molecule has 0 heterocycles. The SMILES string of the molecule is CCCC12CC(CC1C(N)=O)C1CC=CC=C12. The molecule has 0 aromatic rings. The molecule has 2 saturated carbocycles. The Hall–Kier alpha value is -1.05. The fourth-order valence-corrected chi connectivity index (χ4v) is 4.73. The third kappa shape index (κ3) is 1.36. The van der Waals surface area contributed by atoms with Crippen LogP contribution in [0.1, 0.15) is 39.0 Å². The van der Waals surface area contributed by atoms with E-state index in [-0.39, 0.29) is 17.2 Å². The zero-order valence-corrected chi connectivity index (χ0v) is 10.5. The Morgan fingerprint density at radius 2 is 2.41 bits per heavy atom. The molecule has 0 aromatic carbocycles. The zero-order chi connectivity index (χ0) is 12.0. The Bertz CT molecular complexity index is 409. The minimum Gasteiger partial charge on any atom is -0.369 e. The van der Waals surface area contributed by atoms with Crippen LogP contribution >= 0.6 is 0 Å². The maximum absolute atomic E-state index is 11.7. The minimum atomic E-state index is -0.0742. The molecule has 1 amide bonds. The second-order valence-corrected chi connectivity index (χ2v) is 5.95. The molecule has 3 aliphatic rings. The molecule has 3 aliphatic carbocycles.